The van der Waals surface area contributed by atoms with Crippen LogP contribution in [0.5, 0.6) is 0 Å². The lowest BCUT2D eigenvalue weighted by Crippen LogP contribution is -2.47. The molecule has 0 aromatic rings. The van der Waals surface area contributed by atoms with E-state index in [9.17, 15) is 4.79 Å². The normalized spacial score (nSPS) is 28.8. The number of rotatable bonds is 5. The number of nitrogens with one attached hydrogen (secondary N) is 1. The molecule has 1 aliphatic rings. The fourth-order valence-electron chi connectivity index (χ4n) is 2.10. The lowest BCUT2D eigenvalue weighted by Gasteiger charge is -2.20. The summed E-state index contributed by atoms with van der Waals surface area (Å²) in [4.78, 5) is 11.8. The van der Waals surface area contributed by atoms with Crippen molar-refractivity contribution in [1.29, 1.82) is 0 Å². The number of hydrogen-bond donors (Lipinski definition) is 2. The summed E-state index contributed by atoms with van der Waals surface area (Å²) in [5, 5.41) is 3.01. The number of amides is 1. The molecule has 4 heteroatoms. The second-order valence-electron chi connectivity index (χ2n) is 4.79. The summed E-state index contributed by atoms with van der Waals surface area (Å²) in [6.07, 6.45) is 4.16. The molecule has 3 N–H and O–H groups in total. The van der Waals surface area contributed by atoms with Crippen LogP contribution in [0.3, 0.4) is 0 Å². The Bertz CT molecular complexity index is 233. The Kier molecular flexibility index (Phi) is 5.22. The molecule has 16 heavy (non-hydrogen) atoms. The van der Waals surface area contributed by atoms with Gasteiger partial charge >= 0.3 is 0 Å². The highest BCUT2D eigenvalue weighted by molar-refractivity contribution is 5.82. The van der Waals surface area contributed by atoms with Gasteiger partial charge in [-0.25, -0.2) is 0 Å². The van der Waals surface area contributed by atoms with E-state index in [0.717, 1.165) is 25.7 Å². The molecule has 0 aromatic heterocycles. The highest BCUT2D eigenvalue weighted by Gasteiger charge is 2.28. The second kappa shape index (κ2) is 6.21. The minimum Gasteiger partial charge on any atom is -0.381 e. The van der Waals surface area contributed by atoms with Crippen molar-refractivity contribution < 1.29 is 9.53 Å². The van der Waals surface area contributed by atoms with Gasteiger partial charge in [-0.15, -0.1) is 0 Å². The topological polar surface area (TPSA) is 64.4 Å². The van der Waals surface area contributed by atoms with Gasteiger partial charge in [0.25, 0.3) is 0 Å². The smallest absolute Gasteiger partial charge is 0.237 e. The zero-order chi connectivity index (χ0) is 12.1. The van der Waals surface area contributed by atoms with E-state index in [1.54, 1.807) is 7.11 Å². The van der Waals surface area contributed by atoms with Gasteiger partial charge in [0, 0.05) is 13.2 Å². The standard InChI is InChI=1S/C12H24N2O2/c1-4-8(2)11(13)12(15)14-9-5-6-10(7-9)16-3/h8-11H,4-7,13H2,1-3H3,(H,14,15)/t8?,9?,10?,11-/m0/s1. The molecule has 0 saturated heterocycles. The SMILES string of the molecule is CCC(C)[C@H](N)C(=O)NC1CCC(OC)C1. The molecule has 0 aliphatic heterocycles. The first-order chi connectivity index (χ1) is 7.58. The highest BCUT2D eigenvalue weighted by atomic mass is 16.5. The highest BCUT2D eigenvalue weighted by Crippen LogP contribution is 2.21. The molecule has 94 valence electrons. The summed E-state index contributed by atoms with van der Waals surface area (Å²) >= 11 is 0. The van der Waals surface area contributed by atoms with E-state index in [1.807, 2.05) is 13.8 Å². The summed E-state index contributed by atoms with van der Waals surface area (Å²) in [5.74, 6) is 0.218. The van der Waals surface area contributed by atoms with Gasteiger partial charge in [-0.05, 0) is 25.2 Å². The summed E-state index contributed by atoms with van der Waals surface area (Å²) in [7, 11) is 1.72. The van der Waals surface area contributed by atoms with E-state index < -0.39 is 0 Å². The van der Waals surface area contributed by atoms with Crippen molar-refractivity contribution in [2.75, 3.05) is 7.11 Å². The van der Waals surface area contributed by atoms with Crippen molar-refractivity contribution in [1.82, 2.24) is 5.32 Å². The molecule has 1 fully saturated rings. The molecule has 0 radical (unpaired) electrons. The van der Waals surface area contributed by atoms with Crippen molar-refractivity contribution in [3.63, 3.8) is 0 Å². The molecule has 1 amide bonds. The number of carbonyl (C=O) groups excluding carboxylic acids is 1. The molecule has 1 rings (SSSR count). The Balaban J connectivity index is 2.34. The van der Waals surface area contributed by atoms with E-state index in [-0.39, 0.29) is 23.9 Å². The number of nitrogens with two attached hydrogens (primary N) is 1. The summed E-state index contributed by atoms with van der Waals surface area (Å²) in [6, 6.07) is -0.140. The van der Waals surface area contributed by atoms with Gasteiger partial charge in [0.2, 0.25) is 5.91 Å². The van der Waals surface area contributed by atoms with Crippen LogP contribution in [-0.2, 0) is 9.53 Å². The van der Waals surface area contributed by atoms with Crippen molar-refractivity contribution in [2.24, 2.45) is 11.7 Å². The maximum atomic E-state index is 11.8. The molecular formula is C12H24N2O2. The van der Waals surface area contributed by atoms with Crippen LogP contribution in [0.2, 0.25) is 0 Å². The number of ether oxygens (including phenoxy) is 1. The minimum atomic E-state index is -0.383. The van der Waals surface area contributed by atoms with Gasteiger partial charge in [-0.3, -0.25) is 4.79 Å². The molecule has 4 nitrogen and oxygen atoms in total. The van der Waals surface area contributed by atoms with E-state index in [1.165, 1.54) is 0 Å². The van der Waals surface area contributed by atoms with Crippen molar-refractivity contribution >= 4 is 5.91 Å². The first-order valence-electron chi connectivity index (χ1n) is 6.17. The Hall–Kier alpha value is -0.610. The Morgan fingerprint density at radius 1 is 1.56 bits per heavy atom. The third kappa shape index (κ3) is 3.46. The third-order valence-corrected chi connectivity index (χ3v) is 3.62. The molecule has 3 unspecified atom stereocenters. The second-order valence-corrected chi connectivity index (χ2v) is 4.79. The fourth-order valence-corrected chi connectivity index (χ4v) is 2.10. The van der Waals surface area contributed by atoms with Crippen LogP contribution in [0, 0.1) is 5.92 Å². The third-order valence-electron chi connectivity index (χ3n) is 3.62. The number of carbonyl (C=O) groups is 1. The first kappa shape index (κ1) is 13.5. The van der Waals surface area contributed by atoms with Gasteiger partial charge in [-0.1, -0.05) is 20.3 Å². The minimum absolute atomic E-state index is 0.0175. The maximum Gasteiger partial charge on any atom is 0.237 e. The summed E-state index contributed by atoms with van der Waals surface area (Å²) < 4.78 is 5.27. The zero-order valence-corrected chi connectivity index (χ0v) is 10.5. The van der Waals surface area contributed by atoms with Crippen LogP contribution < -0.4 is 11.1 Å². The van der Waals surface area contributed by atoms with Gasteiger partial charge in [-0.2, -0.15) is 0 Å². The van der Waals surface area contributed by atoms with Gasteiger partial charge in [0.15, 0.2) is 0 Å². The zero-order valence-electron chi connectivity index (χ0n) is 10.5. The van der Waals surface area contributed by atoms with Gasteiger partial charge in [0.05, 0.1) is 12.1 Å². The Morgan fingerprint density at radius 3 is 2.75 bits per heavy atom. The van der Waals surface area contributed by atoms with Crippen LogP contribution in [0.25, 0.3) is 0 Å². The Morgan fingerprint density at radius 2 is 2.25 bits per heavy atom. The fraction of sp³-hybridized carbons (Fsp3) is 0.917. The predicted molar refractivity (Wildman–Crippen MR) is 64.0 cm³/mol. The molecule has 0 spiro atoms. The summed E-state index contributed by atoms with van der Waals surface area (Å²) in [5.41, 5.74) is 5.87. The largest absolute Gasteiger partial charge is 0.381 e. The van der Waals surface area contributed by atoms with Crippen LogP contribution in [-0.4, -0.2) is 31.2 Å². The molecule has 1 aliphatic carbocycles. The van der Waals surface area contributed by atoms with Crippen molar-refractivity contribution in [2.45, 2.75) is 57.7 Å². The predicted octanol–water partition coefficient (Wildman–Crippen LogP) is 1.04. The van der Waals surface area contributed by atoms with Crippen molar-refractivity contribution in [3.05, 3.63) is 0 Å². The maximum absolute atomic E-state index is 11.8. The van der Waals surface area contributed by atoms with Crippen LogP contribution >= 0.6 is 0 Å². The average molecular weight is 228 g/mol. The van der Waals surface area contributed by atoms with E-state index in [2.05, 4.69) is 5.32 Å². The van der Waals surface area contributed by atoms with Crippen LogP contribution in [0.4, 0.5) is 0 Å². The molecule has 4 atom stereocenters. The monoisotopic (exact) mass is 228 g/mol. The quantitative estimate of drug-likeness (QED) is 0.739. The lowest BCUT2D eigenvalue weighted by molar-refractivity contribution is -0.124. The lowest BCUT2D eigenvalue weighted by atomic mass is 9.99. The number of methoxy groups -OCH3 is 1. The van der Waals surface area contributed by atoms with Crippen molar-refractivity contribution in [3.8, 4) is 0 Å². The van der Waals surface area contributed by atoms with E-state index in [0.29, 0.717) is 6.10 Å². The van der Waals surface area contributed by atoms with E-state index in [4.69, 9.17) is 10.5 Å². The molecule has 1 saturated carbocycles. The van der Waals surface area contributed by atoms with Gasteiger partial charge < -0.3 is 15.8 Å². The average Bonchev–Trinajstić information content (AvgIpc) is 2.74. The van der Waals surface area contributed by atoms with Crippen LogP contribution in [0.15, 0.2) is 0 Å². The number of hydrogen-bond acceptors (Lipinski definition) is 3. The Labute approximate surface area is 97.9 Å². The van der Waals surface area contributed by atoms with E-state index >= 15 is 0 Å². The molecule has 0 heterocycles. The molecular weight excluding hydrogens is 204 g/mol. The van der Waals surface area contributed by atoms with Crippen LogP contribution in [0.1, 0.15) is 39.5 Å². The molecule has 0 aromatic carbocycles. The first-order valence-corrected chi connectivity index (χ1v) is 6.17. The summed E-state index contributed by atoms with van der Waals surface area (Å²) in [6.45, 7) is 4.06. The van der Waals surface area contributed by atoms with Gasteiger partial charge in [0.1, 0.15) is 0 Å². The molecule has 0 bridgehead atoms.